The van der Waals surface area contributed by atoms with E-state index < -0.39 is 15.8 Å². The minimum atomic E-state index is -5.86. The molecule has 6 nitrogen and oxygen atoms in total. The molecule has 0 aliphatic carbocycles. The van der Waals surface area contributed by atoms with Gasteiger partial charge in [0, 0.05) is 13.1 Å². The third kappa shape index (κ3) is 17.8. The molecule has 0 aromatic heterocycles. The van der Waals surface area contributed by atoms with Gasteiger partial charge in [0.05, 0.1) is 13.2 Å². The fourth-order valence-corrected chi connectivity index (χ4v) is 0.516. The Kier molecular flexibility index (Phi) is 5.55. The van der Waals surface area contributed by atoms with E-state index in [-0.39, 0.29) is 0 Å². The van der Waals surface area contributed by atoms with Gasteiger partial charge in [0.25, 0.3) is 0 Å². The summed E-state index contributed by atoms with van der Waals surface area (Å²) in [4.78, 5) is 0. The van der Waals surface area contributed by atoms with Crippen LogP contribution in [0.15, 0.2) is 0 Å². The summed E-state index contributed by atoms with van der Waals surface area (Å²) in [6, 6.07) is 0. The summed E-state index contributed by atoms with van der Waals surface area (Å²) in [5.41, 5.74) is 0. The van der Waals surface area contributed by atoms with Crippen LogP contribution in [-0.2, 0) is 30.9 Å². The summed E-state index contributed by atoms with van der Waals surface area (Å²) in [6.07, 6.45) is 0. The monoisotopic (exact) mass is 339 g/mol. The molecule has 1 aliphatic heterocycles. The van der Waals surface area contributed by atoms with Crippen molar-refractivity contribution in [2.45, 2.75) is 0 Å². The van der Waals surface area contributed by atoms with Gasteiger partial charge in [0.1, 0.15) is 0 Å². The molecule has 0 unspecified atom stereocenters. The second-order valence-electron chi connectivity index (χ2n) is 1.76. The summed E-state index contributed by atoms with van der Waals surface area (Å²) in [5.74, 6) is 0. The Balaban J connectivity index is 0.000000187. The average Bonchev–Trinajstić information content (AvgIpc) is 1.88. The molecule has 0 amide bonds. The van der Waals surface area contributed by atoms with E-state index in [9.17, 15) is 0 Å². The molecule has 11 heavy (non-hydrogen) atoms. The standard InChI is InChI=1S/C4H9NO.H2O.3O.Re/c1-3-6-4-2-5-1;;;;;/h5H,1-4H2;1H2;;;;/q;;;;;+1/p-1. The van der Waals surface area contributed by atoms with Crippen LogP contribution in [0.3, 0.4) is 0 Å². The maximum absolute atomic E-state index is 8.75. The Labute approximate surface area is 66.9 Å². The molecule has 0 aromatic carbocycles. The van der Waals surface area contributed by atoms with Crippen molar-refractivity contribution < 1.29 is 34.8 Å². The molecule has 1 fully saturated rings. The van der Waals surface area contributed by atoms with Gasteiger partial charge in [-0.1, -0.05) is 0 Å². The molecule has 0 saturated carbocycles. The van der Waals surface area contributed by atoms with Crippen LogP contribution in [0.5, 0.6) is 0 Å². The van der Waals surface area contributed by atoms with Crippen LogP contribution < -0.4 is 5.32 Å². The normalized spacial score (nSPS) is 18.3. The van der Waals surface area contributed by atoms with Crippen molar-refractivity contribution in [2.75, 3.05) is 26.3 Å². The molecule has 1 saturated heterocycles. The van der Waals surface area contributed by atoms with Crippen LogP contribution in [-0.4, -0.2) is 30.1 Å². The van der Waals surface area contributed by atoms with E-state index in [2.05, 4.69) is 5.32 Å². The predicted molar refractivity (Wildman–Crippen MR) is 28.0 cm³/mol. The Bertz CT molecular complexity index is 196. The van der Waals surface area contributed by atoms with Crippen molar-refractivity contribution in [2.24, 2.45) is 0 Å². The van der Waals surface area contributed by atoms with E-state index in [1.165, 1.54) is 0 Å². The van der Waals surface area contributed by atoms with Gasteiger partial charge in [-0.3, -0.25) is 0 Å². The Hall–Kier alpha value is -0.0577. The molecule has 0 bridgehead atoms. The van der Waals surface area contributed by atoms with E-state index in [1.54, 1.807) is 0 Å². The molecule has 0 aromatic rings. The molecule has 1 heterocycles. The van der Waals surface area contributed by atoms with Crippen molar-refractivity contribution in [1.82, 2.24) is 5.32 Å². The number of hydrogen-bond acceptors (Lipinski definition) is 5. The Morgan fingerprint density at radius 3 is 1.64 bits per heavy atom. The third-order valence-corrected chi connectivity index (χ3v) is 0.846. The summed E-state index contributed by atoms with van der Waals surface area (Å²) in [6.45, 7) is 3.83. The molecule has 1 aliphatic rings. The minimum absolute atomic E-state index is 0.889. The number of morpholine rings is 1. The fraction of sp³-hybridized carbons (Fsp3) is 1.00. The molecular formula is C4H10NO5Re. The van der Waals surface area contributed by atoms with Crippen LogP contribution in [0.4, 0.5) is 0 Å². The summed E-state index contributed by atoms with van der Waals surface area (Å²) in [5, 5.41) is 3.16. The summed E-state index contributed by atoms with van der Waals surface area (Å²) in [7, 11) is 0. The van der Waals surface area contributed by atoms with Crippen molar-refractivity contribution in [3.8, 4) is 0 Å². The van der Waals surface area contributed by atoms with Crippen LogP contribution >= 0.6 is 0 Å². The van der Waals surface area contributed by atoms with Gasteiger partial charge in [-0.15, -0.1) is 0 Å². The zero-order chi connectivity index (χ0) is 8.74. The topological polar surface area (TPSA) is 92.7 Å². The summed E-state index contributed by atoms with van der Waals surface area (Å²) < 4.78 is 38.3. The maximum atomic E-state index is 8.75. The number of hydrogen-bond donors (Lipinski definition) is 2. The van der Waals surface area contributed by atoms with Crippen molar-refractivity contribution in [1.29, 1.82) is 0 Å². The second-order valence-corrected chi connectivity index (χ2v) is 4.60. The van der Waals surface area contributed by atoms with Crippen LogP contribution in [0.2, 0.25) is 0 Å². The quantitative estimate of drug-likeness (QED) is 0.570. The van der Waals surface area contributed by atoms with Gasteiger partial charge >= 0.3 is 30.0 Å². The van der Waals surface area contributed by atoms with Crippen molar-refractivity contribution in [3.63, 3.8) is 0 Å². The zero-order valence-corrected chi connectivity index (χ0v) is 8.50. The molecule has 2 N–H and O–H groups in total. The number of ether oxygens (including phenoxy) is 1. The Morgan fingerprint density at radius 1 is 1.18 bits per heavy atom. The average molecular weight is 338 g/mol. The molecule has 0 radical (unpaired) electrons. The van der Waals surface area contributed by atoms with Crippen LogP contribution in [0.25, 0.3) is 0 Å². The van der Waals surface area contributed by atoms with E-state index in [0.29, 0.717) is 0 Å². The number of nitrogens with one attached hydrogen (secondary N) is 1. The van der Waals surface area contributed by atoms with Crippen molar-refractivity contribution in [3.05, 3.63) is 0 Å². The third-order valence-electron chi connectivity index (χ3n) is 0.846. The first-order chi connectivity index (χ1) is 5.00. The molecule has 1 rings (SSSR count). The van der Waals surface area contributed by atoms with Gasteiger partial charge in [-0.2, -0.15) is 0 Å². The molecular weight excluding hydrogens is 328 g/mol. The zero-order valence-electron chi connectivity index (χ0n) is 5.79. The second kappa shape index (κ2) is 5.57. The molecule has 0 spiro atoms. The molecule has 0 atom stereocenters. The predicted octanol–water partition coefficient (Wildman–Crippen LogP) is -1.31. The van der Waals surface area contributed by atoms with Gasteiger partial charge < -0.3 is 10.1 Å². The van der Waals surface area contributed by atoms with Gasteiger partial charge in [0.15, 0.2) is 0 Å². The van der Waals surface area contributed by atoms with E-state index in [0.717, 1.165) is 26.3 Å². The van der Waals surface area contributed by atoms with E-state index in [4.69, 9.17) is 19.0 Å². The van der Waals surface area contributed by atoms with Gasteiger partial charge in [0.2, 0.25) is 0 Å². The van der Waals surface area contributed by atoms with E-state index >= 15 is 0 Å². The first-order valence-corrected chi connectivity index (χ1v) is 7.46. The van der Waals surface area contributed by atoms with Crippen LogP contribution in [0, 0.1) is 0 Å². The van der Waals surface area contributed by atoms with Gasteiger partial charge in [-0.05, 0) is 0 Å². The first kappa shape index (κ1) is 10.9. The number of rotatable bonds is 0. The van der Waals surface area contributed by atoms with E-state index in [1.807, 2.05) is 0 Å². The van der Waals surface area contributed by atoms with Crippen LogP contribution in [0.1, 0.15) is 0 Å². The Morgan fingerprint density at radius 2 is 1.55 bits per heavy atom. The fourth-order valence-electron chi connectivity index (χ4n) is 0.516. The van der Waals surface area contributed by atoms with Crippen molar-refractivity contribution >= 4 is 0 Å². The van der Waals surface area contributed by atoms with Gasteiger partial charge in [-0.25, -0.2) is 0 Å². The molecule has 7 heteroatoms. The molecule has 68 valence electrons. The summed E-state index contributed by atoms with van der Waals surface area (Å²) >= 11 is -5.86. The first-order valence-electron chi connectivity index (χ1n) is 2.92. The SMILES string of the molecule is C1COCCN1.[O]=[Re](=[O])(=[O])[OH].